The Bertz CT molecular complexity index is 1080. The Hall–Kier alpha value is -2.76. The average molecular weight is 445 g/mol. The molecule has 1 aromatic heterocycles. The molecule has 0 bridgehead atoms. The van der Waals surface area contributed by atoms with E-state index in [2.05, 4.69) is 51.6 Å². The van der Waals surface area contributed by atoms with Crippen molar-refractivity contribution in [2.75, 3.05) is 50.7 Å². The summed E-state index contributed by atoms with van der Waals surface area (Å²) >= 11 is 0. The number of hydrogen-bond donors (Lipinski definition) is 0. The number of benzene rings is 2. The molecule has 2 aromatic carbocycles. The highest BCUT2D eigenvalue weighted by Gasteiger charge is 2.27. The zero-order chi connectivity index (χ0) is 22.6. The average Bonchev–Trinajstić information content (AvgIpc) is 2.85. The number of piperidine rings is 1. The maximum absolute atomic E-state index is 13.4. The summed E-state index contributed by atoms with van der Waals surface area (Å²) in [6, 6.07) is 17.8. The van der Waals surface area contributed by atoms with Crippen LogP contribution in [0.5, 0.6) is 0 Å². The fraction of sp³-hybridized carbons (Fsp3) is 0.393. The van der Waals surface area contributed by atoms with Gasteiger partial charge in [0.2, 0.25) is 0 Å². The van der Waals surface area contributed by atoms with Gasteiger partial charge in [-0.1, -0.05) is 48.6 Å². The van der Waals surface area contributed by atoms with Crippen LogP contribution in [0.2, 0.25) is 0 Å². The van der Waals surface area contributed by atoms with E-state index in [1.807, 2.05) is 18.3 Å². The fourth-order valence-electron chi connectivity index (χ4n) is 5.40. The molecule has 2 aliphatic heterocycles. The van der Waals surface area contributed by atoms with Crippen LogP contribution in [0.15, 0.2) is 72.9 Å². The summed E-state index contributed by atoms with van der Waals surface area (Å²) in [7, 11) is 0. The zero-order valence-electron chi connectivity index (χ0n) is 19.3. The van der Waals surface area contributed by atoms with Crippen molar-refractivity contribution < 1.29 is 4.39 Å². The number of fused-ring (bicyclic) bond motifs is 1. The molecule has 2 saturated heterocycles. The molecule has 4 nitrogen and oxygen atoms in total. The first-order valence-electron chi connectivity index (χ1n) is 12.2. The highest BCUT2D eigenvalue weighted by Crippen LogP contribution is 2.34. The number of aromatic nitrogens is 1. The minimum atomic E-state index is -0.176. The van der Waals surface area contributed by atoms with Gasteiger partial charge < -0.3 is 4.90 Å². The van der Waals surface area contributed by atoms with Gasteiger partial charge in [0.15, 0.2) is 0 Å². The summed E-state index contributed by atoms with van der Waals surface area (Å²) in [5.74, 6) is 0.936. The molecule has 33 heavy (non-hydrogen) atoms. The molecule has 1 unspecified atom stereocenters. The second-order valence-electron chi connectivity index (χ2n) is 9.29. The van der Waals surface area contributed by atoms with Crippen molar-refractivity contribution in [1.29, 1.82) is 0 Å². The summed E-state index contributed by atoms with van der Waals surface area (Å²) in [5.41, 5.74) is 2.42. The smallest absolute Gasteiger partial charge is 0.136 e. The van der Waals surface area contributed by atoms with Gasteiger partial charge in [-0.25, -0.2) is 9.37 Å². The van der Waals surface area contributed by atoms with E-state index in [1.54, 1.807) is 12.1 Å². The van der Waals surface area contributed by atoms with Gasteiger partial charge in [0, 0.05) is 44.3 Å². The number of piperazine rings is 1. The van der Waals surface area contributed by atoms with Crippen LogP contribution < -0.4 is 4.90 Å². The Morgan fingerprint density at radius 2 is 1.70 bits per heavy atom. The minimum absolute atomic E-state index is 0.176. The molecule has 2 aliphatic rings. The molecule has 0 saturated carbocycles. The Balaban J connectivity index is 1.15. The number of likely N-dealkylation sites (tertiary alicyclic amines) is 1. The van der Waals surface area contributed by atoms with Gasteiger partial charge in [-0.15, -0.1) is 0 Å². The SMILES string of the molecule is C=C1CCCN(CCCN2CCN(c3nccc4ccccc34)CC2)C1c1ccc(F)cc1. The molecule has 0 spiro atoms. The number of pyridine rings is 1. The highest BCUT2D eigenvalue weighted by molar-refractivity contribution is 5.92. The van der Waals surface area contributed by atoms with Crippen molar-refractivity contribution in [2.24, 2.45) is 0 Å². The van der Waals surface area contributed by atoms with Gasteiger partial charge in [-0.05, 0) is 61.5 Å². The molecule has 0 aliphatic carbocycles. The topological polar surface area (TPSA) is 22.6 Å². The van der Waals surface area contributed by atoms with Gasteiger partial charge in [0.05, 0.1) is 6.04 Å². The van der Waals surface area contributed by atoms with Crippen LogP contribution in [-0.4, -0.2) is 60.6 Å². The quantitative estimate of drug-likeness (QED) is 0.483. The van der Waals surface area contributed by atoms with Crippen LogP contribution in [0.3, 0.4) is 0 Å². The van der Waals surface area contributed by atoms with Gasteiger partial charge >= 0.3 is 0 Å². The molecule has 3 aromatic rings. The number of anilines is 1. The maximum atomic E-state index is 13.4. The lowest BCUT2D eigenvalue weighted by Crippen LogP contribution is -2.47. The van der Waals surface area contributed by atoms with E-state index in [4.69, 9.17) is 4.98 Å². The van der Waals surface area contributed by atoms with E-state index in [-0.39, 0.29) is 11.9 Å². The third-order valence-corrected chi connectivity index (χ3v) is 7.12. The number of nitrogens with zero attached hydrogens (tertiary/aromatic N) is 4. The summed E-state index contributed by atoms with van der Waals surface area (Å²) < 4.78 is 13.4. The minimum Gasteiger partial charge on any atom is -0.354 e. The Kier molecular flexibility index (Phi) is 6.70. The van der Waals surface area contributed by atoms with Gasteiger partial charge in [0.25, 0.3) is 0 Å². The van der Waals surface area contributed by atoms with E-state index in [1.165, 1.54) is 16.3 Å². The lowest BCUT2D eigenvalue weighted by atomic mass is 9.91. The third-order valence-electron chi connectivity index (χ3n) is 7.12. The molecule has 172 valence electrons. The van der Waals surface area contributed by atoms with E-state index in [9.17, 15) is 4.39 Å². The first-order valence-corrected chi connectivity index (χ1v) is 12.2. The van der Waals surface area contributed by atoms with E-state index < -0.39 is 0 Å². The van der Waals surface area contributed by atoms with Crippen LogP contribution >= 0.6 is 0 Å². The molecular weight excluding hydrogens is 411 g/mol. The van der Waals surface area contributed by atoms with Crippen molar-refractivity contribution in [2.45, 2.75) is 25.3 Å². The fourth-order valence-corrected chi connectivity index (χ4v) is 5.40. The van der Waals surface area contributed by atoms with Gasteiger partial charge in [-0.2, -0.15) is 0 Å². The van der Waals surface area contributed by atoms with Crippen LogP contribution in [0, 0.1) is 5.82 Å². The third kappa shape index (κ3) is 4.94. The van der Waals surface area contributed by atoms with Crippen LogP contribution in [-0.2, 0) is 0 Å². The largest absolute Gasteiger partial charge is 0.354 e. The predicted octanol–water partition coefficient (Wildman–Crippen LogP) is 5.28. The molecule has 0 N–H and O–H groups in total. The number of hydrogen-bond acceptors (Lipinski definition) is 4. The van der Waals surface area contributed by atoms with E-state index in [0.29, 0.717) is 0 Å². The Morgan fingerprint density at radius 3 is 2.52 bits per heavy atom. The molecule has 1 atom stereocenters. The summed E-state index contributed by atoms with van der Waals surface area (Å²) in [4.78, 5) is 12.2. The molecule has 0 amide bonds. The van der Waals surface area contributed by atoms with Crippen molar-refractivity contribution >= 4 is 16.6 Å². The summed E-state index contributed by atoms with van der Waals surface area (Å²) in [6.45, 7) is 11.7. The Morgan fingerprint density at radius 1 is 0.909 bits per heavy atom. The monoisotopic (exact) mass is 444 g/mol. The standard InChI is InChI=1S/C28H33FN4/c1-22-6-4-16-32(27(22)24-9-11-25(29)12-10-24)17-5-15-31-18-20-33(21-19-31)28-26-8-3-2-7-23(26)13-14-30-28/h2-3,7-14,27H,1,4-6,15-21H2. The summed E-state index contributed by atoms with van der Waals surface area (Å²) in [6.07, 6.45) is 5.28. The van der Waals surface area contributed by atoms with Crippen molar-refractivity contribution in [3.05, 3.63) is 84.3 Å². The molecular formula is C28H33FN4. The summed E-state index contributed by atoms with van der Waals surface area (Å²) in [5, 5.41) is 2.49. The lowest BCUT2D eigenvalue weighted by molar-refractivity contribution is 0.172. The zero-order valence-corrected chi connectivity index (χ0v) is 19.3. The molecule has 3 heterocycles. The van der Waals surface area contributed by atoms with Crippen molar-refractivity contribution in [3.8, 4) is 0 Å². The van der Waals surface area contributed by atoms with Crippen molar-refractivity contribution in [3.63, 3.8) is 0 Å². The second kappa shape index (κ2) is 10.0. The number of rotatable bonds is 6. The van der Waals surface area contributed by atoms with Crippen molar-refractivity contribution in [1.82, 2.24) is 14.8 Å². The molecule has 5 heteroatoms. The Labute approximate surface area is 196 Å². The van der Waals surface area contributed by atoms with E-state index in [0.717, 1.165) is 76.5 Å². The van der Waals surface area contributed by atoms with Crippen LogP contribution in [0.25, 0.3) is 10.8 Å². The first kappa shape index (κ1) is 22.1. The molecule has 5 rings (SSSR count). The normalized spacial score (nSPS) is 20.5. The van der Waals surface area contributed by atoms with E-state index >= 15 is 0 Å². The molecule has 2 fully saturated rings. The second-order valence-corrected chi connectivity index (χ2v) is 9.29. The van der Waals surface area contributed by atoms with Gasteiger partial charge in [-0.3, -0.25) is 9.80 Å². The lowest BCUT2D eigenvalue weighted by Gasteiger charge is -2.39. The van der Waals surface area contributed by atoms with Crippen LogP contribution in [0.1, 0.15) is 30.9 Å². The highest BCUT2D eigenvalue weighted by atomic mass is 19.1. The first-order chi connectivity index (χ1) is 16.2. The van der Waals surface area contributed by atoms with Crippen LogP contribution in [0.4, 0.5) is 10.2 Å². The molecule has 0 radical (unpaired) electrons. The number of halogens is 1. The van der Waals surface area contributed by atoms with Gasteiger partial charge in [0.1, 0.15) is 11.6 Å². The maximum Gasteiger partial charge on any atom is 0.136 e. The predicted molar refractivity (Wildman–Crippen MR) is 134 cm³/mol.